The molecule has 1 saturated heterocycles. The van der Waals surface area contributed by atoms with Gasteiger partial charge in [0.05, 0.1) is 10.7 Å². The highest BCUT2D eigenvalue weighted by molar-refractivity contribution is 6.36. The Morgan fingerprint density at radius 3 is 2.26 bits per heavy atom. The van der Waals surface area contributed by atoms with Gasteiger partial charge in [0.1, 0.15) is 5.70 Å². The highest BCUT2D eigenvalue weighted by atomic mass is 35.5. The number of likely N-dealkylation sites (N-methyl/N-ethyl adjacent to an activating group) is 1. The Bertz CT molecular complexity index is 1140. The lowest BCUT2D eigenvalue weighted by molar-refractivity contribution is -0.130. The van der Waals surface area contributed by atoms with Crippen molar-refractivity contribution in [2.24, 2.45) is 0 Å². The molecule has 2 amide bonds. The highest BCUT2D eigenvalue weighted by Gasteiger charge is 2.45. The molecule has 2 aromatic carbocycles. The quantitative estimate of drug-likeness (QED) is 0.563. The minimum Gasteiger partial charge on any atom is -0.410 e. The van der Waals surface area contributed by atoms with Crippen LogP contribution >= 0.6 is 34.8 Å². The van der Waals surface area contributed by atoms with Gasteiger partial charge in [-0.25, -0.2) is 9.80 Å². The first-order valence-corrected chi connectivity index (χ1v) is 12.4. The third-order valence-corrected chi connectivity index (χ3v) is 6.71. The number of halogens is 3. The first kappa shape index (κ1) is 25.6. The van der Waals surface area contributed by atoms with Gasteiger partial charge in [-0.3, -0.25) is 15.2 Å². The molecular weight excluding hydrogens is 513 g/mol. The minimum atomic E-state index is -0.952. The number of carbonyl (C=O) groups excluding carboxylic acids is 2. The molecule has 2 aliphatic rings. The number of amides is 2. The second kappa shape index (κ2) is 11.1. The van der Waals surface area contributed by atoms with Crippen LogP contribution in [-0.4, -0.2) is 55.2 Å². The predicted molar refractivity (Wildman–Crippen MR) is 138 cm³/mol. The zero-order valence-electron chi connectivity index (χ0n) is 19.4. The van der Waals surface area contributed by atoms with E-state index in [2.05, 4.69) is 10.7 Å². The monoisotopic (exact) mass is 537 g/mol. The molecule has 8 nitrogen and oxygen atoms in total. The van der Waals surface area contributed by atoms with Crippen molar-refractivity contribution < 1.29 is 14.3 Å². The van der Waals surface area contributed by atoms with Crippen molar-refractivity contribution in [3.8, 4) is 0 Å². The number of ether oxygens (including phenoxy) is 1. The average molecular weight is 539 g/mol. The van der Waals surface area contributed by atoms with Gasteiger partial charge < -0.3 is 10.1 Å². The van der Waals surface area contributed by atoms with Crippen molar-refractivity contribution in [1.82, 2.24) is 20.8 Å². The Hall–Kier alpha value is -2.49. The normalized spacial score (nSPS) is 19.1. The summed E-state index contributed by atoms with van der Waals surface area (Å²) in [6.45, 7) is 1.52. The third kappa shape index (κ3) is 5.52. The number of nitrogens with zero attached hydrogens (tertiary/aromatic N) is 3. The number of nitrogens with one attached hydrogen (secondary N) is 2. The van der Waals surface area contributed by atoms with E-state index in [4.69, 9.17) is 39.5 Å². The Balaban J connectivity index is 1.85. The smallest absolute Gasteiger partial charge is 0.410 e. The van der Waals surface area contributed by atoms with Crippen LogP contribution in [0.25, 0.3) is 5.70 Å². The van der Waals surface area contributed by atoms with E-state index in [0.717, 1.165) is 32.4 Å². The Labute approximate surface area is 219 Å². The van der Waals surface area contributed by atoms with E-state index in [1.165, 1.54) is 7.05 Å². The maximum absolute atomic E-state index is 13.6. The Morgan fingerprint density at radius 2 is 1.63 bits per heavy atom. The first-order valence-electron chi connectivity index (χ1n) is 11.2. The topological polar surface area (TPSA) is 77.1 Å². The van der Waals surface area contributed by atoms with Crippen LogP contribution in [0.1, 0.15) is 24.8 Å². The van der Waals surface area contributed by atoms with Crippen LogP contribution < -0.4 is 15.8 Å². The molecule has 0 aromatic heterocycles. The number of piperidine rings is 1. The summed E-state index contributed by atoms with van der Waals surface area (Å²) in [5.74, 6) is -0.165. The Morgan fingerprint density at radius 1 is 0.971 bits per heavy atom. The molecule has 2 heterocycles. The van der Waals surface area contributed by atoms with Gasteiger partial charge in [0.15, 0.2) is 11.8 Å². The van der Waals surface area contributed by atoms with Crippen molar-refractivity contribution in [1.29, 1.82) is 0 Å². The van der Waals surface area contributed by atoms with Gasteiger partial charge >= 0.3 is 6.09 Å². The highest BCUT2D eigenvalue weighted by Crippen LogP contribution is 2.43. The second-order valence-corrected chi connectivity index (χ2v) is 9.55. The van der Waals surface area contributed by atoms with Crippen molar-refractivity contribution >= 4 is 58.2 Å². The number of hydrogen-bond acceptors (Lipinski definition) is 6. The fourth-order valence-corrected chi connectivity index (χ4v) is 4.87. The molecule has 2 aliphatic heterocycles. The van der Waals surface area contributed by atoms with Crippen molar-refractivity contribution in [2.75, 3.05) is 32.2 Å². The van der Waals surface area contributed by atoms with Crippen LogP contribution in [0.5, 0.6) is 0 Å². The number of benzene rings is 2. The molecule has 11 heteroatoms. The zero-order valence-corrected chi connectivity index (χ0v) is 21.6. The van der Waals surface area contributed by atoms with Gasteiger partial charge in [0.25, 0.3) is 5.91 Å². The van der Waals surface area contributed by atoms with Gasteiger partial charge in [0.2, 0.25) is 0 Å². The SMILES string of the molecule is CNC(=O)OC1=C(c2ccc(Cl)cc2)N(c2ccc(Cl)cc2Cl)N(C)C1C(=O)NN1CCCCC1. The minimum absolute atomic E-state index is 0.162. The molecule has 4 rings (SSSR count). The summed E-state index contributed by atoms with van der Waals surface area (Å²) < 4.78 is 5.73. The van der Waals surface area contributed by atoms with Crippen LogP contribution in [0, 0.1) is 0 Å². The van der Waals surface area contributed by atoms with E-state index in [1.807, 2.05) is 5.01 Å². The van der Waals surface area contributed by atoms with Crippen LogP contribution in [0.4, 0.5) is 10.5 Å². The van der Waals surface area contributed by atoms with E-state index >= 15 is 0 Å². The molecule has 0 bridgehead atoms. The largest absolute Gasteiger partial charge is 0.412 e. The summed E-state index contributed by atoms with van der Waals surface area (Å²) in [5, 5.41) is 9.19. The van der Waals surface area contributed by atoms with Gasteiger partial charge in [-0.15, -0.1) is 0 Å². The lowest BCUT2D eigenvalue weighted by Gasteiger charge is -2.33. The van der Waals surface area contributed by atoms with Crippen LogP contribution in [-0.2, 0) is 9.53 Å². The van der Waals surface area contributed by atoms with Gasteiger partial charge in [0, 0.05) is 42.8 Å². The Kier molecular flexibility index (Phi) is 8.09. The summed E-state index contributed by atoms with van der Waals surface area (Å²) in [7, 11) is 3.20. The van der Waals surface area contributed by atoms with Crippen LogP contribution in [0.3, 0.4) is 0 Å². The number of hydrazine groups is 2. The second-order valence-electron chi connectivity index (χ2n) is 8.27. The molecule has 186 valence electrons. The fraction of sp³-hybridized carbons (Fsp3) is 0.333. The summed E-state index contributed by atoms with van der Waals surface area (Å²) in [6, 6.07) is 11.2. The van der Waals surface area contributed by atoms with Gasteiger partial charge in [-0.05, 0) is 43.2 Å². The molecule has 1 atom stereocenters. The predicted octanol–water partition coefficient (Wildman–Crippen LogP) is 4.92. The third-order valence-electron chi connectivity index (χ3n) is 5.92. The molecule has 1 unspecified atom stereocenters. The van der Waals surface area contributed by atoms with Crippen molar-refractivity contribution in [3.63, 3.8) is 0 Å². The molecule has 0 aliphatic carbocycles. The maximum atomic E-state index is 13.6. The molecule has 1 fully saturated rings. The molecule has 35 heavy (non-hydrogen) atoms. The average Bonchev–Trinajstić information content (AvgIpc) is 3.11. The molecule has 2 aromatic rings. The van der Waals surface area contributed by atoms with Crippen molar-refractivity contribution in [2.45, 2.75) is 25.3 Å². The summed E-state index contributed by atoms with van der Waals surface area (Å²) in [5.41, 5.74) is 4.72. The summed E-state index contributed by atoms with van der Waals surface area (Å²) >= 11 is 18.9. The van der Waals surface area contributed by atoms with Crippen LogP contribution in [0.15, 0.2) is 48.2 Å². The standard InChI is InChI=1S/C24H26Cl3N5O3/c1-28-24(34)35-22-20(15-6-8-16(25)9-7-15)32(19-11-10-17(26)14-18(19)27)30(2)21(22)23(33)29-31-12-4-3-5-13-31/h6-11,14,21H,3-5,12-13H2,1-2H3,(H,28,34)(H,29,33). The summed E-state index contributed by atoms with van der Waals surface area (Å²) in [6.07, 6.45) is 2.44. The lowest BCUT2D eigenvalue weighted by atomic mass is 10.1. The van der Waals surface area contributed by atoms with E-state index in [0.29, 0.717) is 32.0 Å². The van der Waals surface area contributed by atoms with E-state index in [9.17, 15) is 9.59 Å². The van der Waals surface area contributed by atoms with Gasteiger partial charge in [-0.1, -0.05) is 53.4 Å². The fourth-order valence-electron chi connectivity index (χ4n) is 4.26. The molecule has 0 spiro atoms. The van der Waals surface area contributed by atoms with Crippen molar-refractivity contribution in [3.05, 3.63) is 68.9 Å². The number of carbonyl (C=O) groups is 2. The van der Waals surface area contributed by atoms with E-state index in [1.54, 1.807) is 59.5 Å². The van der Waals surface area contributed by atoms with Crippen LogP contribution in [0.2, 0.25) is 15.1 Å². The molecule has 0 radical (unpaired) electrons. The molecule has 2 N–H and O–H groups in total. The number of alkyl carbamates (subject to hydrolysis) is 1. The lowest BCUT2D eigenvalue weighted by Crippen LogP contribution is -2.54. The summed E-state index contributed by atoms with van der Waals surface area (Å²) in [4.78, 5) is 26.0. The number of hydrogen-bond donors (Lipinski definition) is 2. The number of rotatable bonds is 5. The molecular formula is C24H26Cl3N5O3. The van der Waals surface area contributed by atoms with E-state index in [-0.39, 0.29) is 11.7 Å². The number of anilines is 1. The van der Waals surface area contributed by atoms with E-state index < -0.39 is 12.1 Å². The first-order chi connectivity index (χ1) is 16.8. The maximum Gasteiger partial charge on any atom is 0.412 e. The zero-order chi connectivity index (χ0) is 25.1. The van der Waals surface area contributed by atoms with Gasteiger partial charge in [-0.2, -0.15) is 5.01 Å². The molecule has 0 saturated carbocycles.